The van der Waals surface area contributed by atoms with E-state index in [4.69, 9.17) is 19.5 Å². The van der Waals surface area contributed by atoms with E-state index in [2.05, 4.69) is 24.3 Å². The van der Waals surface area contributed by atoms with Gasteiger partial charge in [0.1, 0.15) is 30.7 Å². The molecule has 2 aromatic carbocycles. The molecule has 4 heteroatoms. The zero-order valence-electron chi connectivity index (χ0n) is 14.0. The van der Waals surface area contributed by atoms with Crippen molar-refractivity contribution in [2.45, 2.75) is 24.9 Å². The van der Waals surface area contributed by atoms with E-state index in [-0.39, 0.29) is 17.5 Å². The molecule has 1 fully saturated rings. The van der Waals surface area contributed by atoms with Crippen LogP contribution in [0.2, 0.25) is 0 Å². The van der Waals surface area contributed by atoms with Crippen LogP contribution in [0.15, 0.2) is 70.6 Å². The van der Waals surface area contributed by atoms with E-state index in [0.717, 1.165) is 24.6 Å². The molecule has 5 rings (SSSR count). The van der Waals surface area contributed by atoms with Crippen molar-refractivity contribution in [2.75, 3.05) is 13.2 Å². The lowest BCUT2D eigenvalue weighted by atomic mass is 10.1. The summed E-state index contributed by atoms with van der Waals surface area (Å²) >= 11 is 0. The van der Waals surface area contributed by atoms with Crippen molar-refractivity contribution in [1.82, 2.24) is 0 Å². The molecule has 1 saturated carbocycles. The summed E-state index contributed by atoms with van der Waals surface area (Å²) in [5, 5.41) is 0. The van der Waals surface area contributed by atoms with Gasteiger partial charge in [-0.1, -0.05) is 60.7 Å². The molecule has 2 heterocycles. The zero-order valence-corrected chi connectivity index (χ0v) is 14.0. The van der Waals surface area contributed by atoms with Crippen molar-refractivity contribution in [1.29, 1.82) is 0 Å². The predicted molar refractivity (Wildman–Crippen MR) is 96.8 cm³/mol. The summed E-state index contributed by atoms with van der Waals surface area (Å²) in [6, 6.07) is 20.8. The number of nitrogens with zero attached hydrogens (tertiary/aromatic N) is 2. The Bertz CT molecular complexity index is 758. The third-order valence-corrected chi connectivity index (χ3v) is 5.24. The number of benzene rings is 2. The monoisotopic (exact) mass is 332 g/mol. The highest BCUT2D eigenvalue weighted by atomic mass is 16.5. The molecule has 25 heavy (non-hydrogen) atoms. The van der Waals surface area contributed by atoms with Gasteiger partial charge in [0.05, 0.1) is 0 Å². The maximum absolute atomic E-state index is 5.99. The van der Waals surface area contributed by atoms with Crippen molar-refractivity contribution in [3.8, 4) is 0 Å². The Labute approximate surface area is 147 Å². The highest BCUT2D eigenvalue weighted by Crippen LogP contribution is 2.52. The molecule has 2 aliphatic heterocycles. The lowest BCUT2D eigenvalue weighted by Crippen LogP contribution is -2.26. The van der Waals surface area contributed by atoms with Gasteiger partial charge in [0.15, 0.2) is 11.8 Å². The van der Waals surface area contributed by atoms with Crippen LogP contribution in [-0.4, -0.2) is 25.0 Å². The summed E-state index contributed by atoms with van der Waals surface area (Å²) in [5.41, 5.74) is 2.18. The molecule has 0 radical (unpaired) electrons. The molecule has 0 saturated heterocycles. The summed E-state index contributed by atoms with van der Waals surface area (Å²) in [4.78, 5) is 9.74. The summed E-state index contributed by atoms with van der Waals surface area (Å²) < 4.78 is 12.0. The van der Waals surface area contributed by atoms with Gasteiger partial charge in [-0.25, -0.2) is 9.98 Å². The minimum atomic E-state index is -0.215. The molecule has 126 valence electrons. The predicted octanol–water partition coefficient (Wildman–Crippen LogP) is 4.11. The molecule has 0 aromatic heterocycles. The van der Waals surface area contributed by atoms with Crippen LogP contribution < -0.4 is 0 Å². The fourth-order valence-corrected chi connectivity index (χ4v) is 3.61. The summed E-state index contributed by atoms with van der Waals surface area (Å²) in [6.45, 7) is 1.22. The highest BCUT2D eigenvalue weighted by Gasteiger charge is 2.58. The number of aliphatic imine (C=N–C) groups is 2. The number of rotatable bonds is 4. The average Bonchev–Trinajstić information content (AvgIpc) is 3.12. The highest BCUT2D eigenvalue weighted by molar-refractivity contribution is 6.09. The van der Waals surface area contributed by atoms with E-state index < -0.39 is 0 Å². The van der Waals surface area contributed by atoms with E-state index in [9.17, 15) is 0 Å². The molecule has 0 amide bonds. The van der Waals surface area contributed by atoms with Crippen LogP contribution in [0, 0.1) is 5.41 Å². The van der Waals surface area contributed by atoms with Gasteiger partial charge in [-0.15, -0.1) is 0 Å². The Morgan fingerprint density at radius 2 is 1.12 bits per heavy atom. The van der Waals surface area contributed by atoms with Crippen LogP contribution in [0.4, 0.5) is 0 Å². The zero-order chi connectivity index (χ0) is 16.7. The Kier molecular flexibility index (Phi) is 3.37. The second-order valence-electron chi connectivity index (χ2n) is 6.93. The van der Waals surface area contributed by atoms with Crippen LogP contribution in [0.3, 0.4) is 0 Å². The van der Waals surface area contributed by atoms with Crippen molar-refractivity contribution in [3.05, 3.63) is 71.8 Å². The summed E-state index contributed by atoms with van der Waals surface area (Å²) in [7, 11) is 0. The molecule has 2 atom stereocenters. The summed E-state index contributed by atoms with van der Waals surface area (Å²) in [6.07, 6.45) is 2.02. The van der Waals surface area contributed by atoms with Crippen LogP contribution >= 0.6 is 0 Å². The largest absolute Gasteiger partial charge is 0.478 e. The fraction of sp³-hybridized carbons (Fsp3) is 0.333. The van der Waals surface area contributed by atoms with Gasteiger partial charge >= 0.3 is 0 Å². The van der Waals surface area contributed by atoms with E-state index in [1.165, 1.54) is 11.1 Å². The number of ether oxygens (including phenoxy) is 2. The van der Waals surface area contributed by atoms with E-state index >= 15 is 0 Å². The van der Waals surface area contributed by atoms with Crippen molar-refractivity contribution < 1.29 is 9.47 Å². The van der Waals surface area contributed by atoms with E-state index in [1.807, 2.05) is 36.4 Å². The first-order valence-corrected chi connectivity index (χ1v) is 8.87. The second kappa shape index (κ2) is 5.73. The lowest BCUT2D eigenvalue weighted by Gasteiger charge is -2.13. The van der Waals surface area contributed by atoms with Gasteiger partial charge < -0.3 is 9.47 Å². The second-order valence-corrected chi connectivity index (χ2v) is 6.93. The molecule has 1 aliphatic carbocycles. The van der Waals surface area contributed by atoms with Crippen LogP contribution in [0.25, 0.3) is 0 Å². The van der Waals surface area contributed by atoms with E-state index in [1.54, 1.807) is 0 Å². The fourth-order valence-electron chi connectivity index (χ4n) is 3.61. The van der Waals surface area contributed by atoms with Crippen LogP contribution in [-0.2, 0) is 9.47 Å². The standard InChI is InChI=1S/C21H20N2O2/c1-3-7-15(8-4-1)17-13-24-19(22-17)21(11-12-21)20-23-18(14-25-20)16-9-5-2-6-10-16/h1-10,17-18H,11-14H2/t17-,18-/m1/s1. The van der Waals surface area contributed by atoms with Crippen LogP contribution in [0.5, 0.6) is 0 Å². The minimum absolute atomic E-state index is 0.0839. The van der Waals surface area contributed by atoms with Gasteiger partial charge in [-0.05, 0) is 24.0 Å². The Morgan fingerprint density at radius 3 is 1.52 bits per heavy atom. The maximum Gasteiger partial charge on any atom is 0.200 e. The number of hydrogen-bond donors (Lipinski definition) is 0. The molecule has 0 unspecified atom stereocenters. The smallest absolute Gasteiger partial charge is 0.200 e. The molecule has 0 N–H and O–H groups in total. The Hall–Kier alpha value is -2.62. The molecular formula is C21H20N2O2. The van der Waals surface area contributed by atoms with Gasteiger partial charge in [0, 0.05) is 0 Å². The first-order chi connectivity index (χ1) is 12.4. The number of hydrogen-bond acceptors (Lipinski definition) is 4. The molecule has 4 nitrogen and oxygen atoms in total. The molecule has 2 aromatic rings. The van der Waals surface area contributed by atoms with Crippen molar-refractivity contribution >= 4 is 11.8 Å². The SMILES string of the molecule is c1ccc([C@H]2COC(C3(C4=N[C@@H](c5ccccc5)CO4)CC3)=N2)cc1. The van der Waals surface area contributed by atoms with Gasteiger partial charge in [0.25, 0.3) is 0 Å². The quantitative estimate of drug-likeness (QED) is 0.846. The topological polar surface area (TPSA) is 43.2 Å². The average molecular weight is 332 g/mol. The van der Waals surface area contributed by atoms with Gasteiger partial charge in [0.2, 0.25) is 0 Å². The maximum atomic E-state index is 5.99. The Morgan fingerprint density at radius 1 is 0.680 bits per heavy atom. The first kappa shape index (κ1) is 14.7. The molecule has 0 spiro atoms. The minimum Gasteiger partial charge on any atom is -0.478 e. The third-order valence-electron chi connectivity index (χ3n) is 5.24. The van der Waals surface area contributed by atoms with Crippen molar-refractivity contribution in [2.24, 2.45) is 15.4 Å². The first-order valence-electron chi connectivity index (χ1n) is 8.87. The van der Waals surface area contributed by atoms with Gasteiger partial charge in [-0.3, -0.25) is 0 Å². The van der Waals surface area contributed by atoms with Crippen LogP contribution in [0.1, 0.15) is 36.1 Å². The lowest BCUT2D eigenvalue weighted by molar-refractivity contribution is 0.280. The molecular weight excluding hydrogens is 312 g/mol. The molecule has 0 bridgehead atoms. The van der Waals surface area contributed by atoms with E-state index in [0.29, 0.717) is 13.2 Å². The summed E-state index contributed by atoms with van der Waals surface area (Å²) in [5.74, 6) is 1.63. The normalized spacial score (nSPS) is 26.4. The van der Waals surface area contributed by atoms with Gasteiger partial charge in [-0.2, -0.15) is 0 Å². The Balaban J connectivity index is 1.39. The molecule has 3 aliphatic rings. The third kappa shape index (κ3) is 2.53. The van der Waals surface area contributed by atoms with Crippen molar-refractivity contribution in [3.63, 3.8) is 0 Å².